The van der Waals surface area contributed by atoms with Gasteiger partial charge in [0.05, 0.1) is 23.7 Å². The molecule has 0 fully saturated rings. The van der Waals surface area contributed by atoms with Crippen LogP contribution < -0.4 is 0 Å². The molecule has 0 N–H and O–H groups in total. The number of unbranched alkanes of at least 4 members (excludes halogenated alkanes) is 10. The Morgan fingerprint density at radius 3 is 2.03 bits per heavy atom. The molecule has 1 aromatic heterocycles. The van der Waals surface area contributed by atoms with E-state index in [-0.39, 0.29) is 0 Å². The first-order valence-corrected chi connectivity index (χ1v) is 12.2. The SMILES string of the molecule is CCCCCCCCN(CCCCCCCC)CCn1nnc2cc(C#N)ccc21. The van der Waals surface area contributed by atoms with Crippen molar-refractivity contribution in [2.75, 3.05) is 19.6 Å². The summed E-state index contributed by atoms with van der Waals surface area (Å²) in [6.07, 6.45) is 16.1. The molecule has 0 amide bonds. The molecule has 0 atom stereocenters. The van der Waals surface area contributed by atoms with E-state index in [0.717, 1.165) is 24.1 Å². The van der Waals surface area contributed by atoms with Crippen molar-refractivity contribution in [1.29, 1.82) is 5.26 Å². The Morgan fingerprint density at radius 1 is 0.833 bits per heavy atom. The molecule has 166 valence electrons. The summed E-state index contributed by atoms with van der Waals surface area (Å²) in [4.78, 5) is 2.62. The molecule has 30 heavy (non-hydrogen) atoms. The minimum atomic E-state index is 0.641. The highest BCUT2D eigenvalue weighted by Gasteiger charge is 2.09. The maximum Gasteiger partial charge on any atom is 0.114 e. The summed E-state index contributed by atoms with van der Waals surface area (Å²) in [5, 5.41) is 17.7. The van der Waals surface area contributed by atoms with Crippen LogP contribution in [0.2, 0.25) is 0 Å². The largest absolute Gasteiger partial charge is 0.301 e. The van der Waals surface area contributed by atoms with Crippen molar-refractivity contribution >= 4 is 11.0 Å². The van der Waals surface area contributed by atoms with Crippen LogP contribution in [0, 0.1) is 11.3 Å². The summed E-state index contributed by atoms with van der Waals surface area (Å²) in [6.45, 7) is 8.80. The highest BCUT2D eigenvalue weighted by Crippen LogP contribution is 2.14. The Balaban J connectivity index is 1.82. The minimum Gasteiger partial charge on any atom is -0.301 e. The number of aromatic nitrogens is 3. The summed E-state index contributed by atoms with van der Waals surface area (Å²) in [6, 6.07) is 7.82. The molecule has 1 aromatic carbocycles. The van der Waals surface area contributed by atoms with Crippen LogP contribution in [0.5, 0.6) is 0 Å². The first-order valence-electron chi connectivity index (χ1n) is 12.2. The molecular weight excluding hydrogens is 370 g/mol. The van der Waals surface area contributed by atoms with E-state index in [0.29, 0.717) is 5.56 Å². The lowest BCUT2D eigenvalue weighted by Crippen LogP contribution is -2.30. The molecule has 0 aliphatic carbocycles. The van der Waals surface area contributed by atoms with Gasteiger partial charge in [0.25, 0.3) is 0 Å². The minimum absolute atomic E-state index is 0.641. The van der Waals surface area contributed by atoms with Gasteiger partial charge in [-0.3, -0.25) is 0 Å². The van der Waals surface area contributed by atoms with Gasteiger partial charge in [-0.2, -0.15) is 5.26 Å². The molecule has 0 saturated carbocycles. The predicted molar refractivity (Wildman–Crippen MR) is 125 cm³/mol. The first kappa shape index (κ1) is 24.3. The maximum absolute atomic E-state index is 9.07. The lowest BCUT2D eigenvalue weighted by Gasteiger charge is -2.22. The second kappa shape index (κ2) is 15.0. The van der Waals surface area contributed by atoms with Crippen molar-refractivity contribution in [1.82, 2.24) is 19.9 Å². The fourth-order valence-corrected chi connectivity index (χ4v) is 4.01. The molecule has 1 heterocycles. The van der Waals surface area contributed by atoms with E-state index >= 15 is 0 Å². The molecule has 2 rings (SSSR count). The van der Waals surface area contributed by atoms with Gasteiger partial charge in [0.1, 0.15) is 5.52 Å². The van der Waals surface area contributed by atoms with Gasteiger partial charge in [-0.1, -0.05) is 83.3 Å². The molecule has 0 spiro atoms. The quantitative estimate of drug-likeness (QED) is 0.286. The van der Waals surface area contributed by atoms with Gasteiger partial charge < -0.3 is 4.90 Å². The number of fused-ring (bicyclic) bond motifs is 1. The lowest BCUT2D eigenvalue weighted by molar-refractivity contribution is 0.247. The second-order valence-electron chi connectivity index (χ2n) is 8.51. The van der Waals surface area contributed by atoms with Gasteiger partial charge in [-0.05, 0) is 44.1 Å². The number of nitrogens with zero attached hydrogens (tertiary/aromatic N) is 5. The van der Waals surface area contributed by atoms with Gasteiger partial charge in [-0.15, -0.1) is 5.10 Å². The summed E-state index contributed by atoms with van der Waals surface area (Å²) in [5.74, 6) is 0. The normalized spacial score (nSPS) is 11.4. The fourth-order valence-electron chi connectivity index (χ4n) is 4.01. The second-order valence-corrected chi connectivity index (χ2v) is 8.51. The Kier molecular flexibility index (Phi) is 12.1. The average Bonchev–Trinajstić information content (AvgIpc) is 3.18. The number of benzene rings is 1. The van der Waals surface area contributed by atoms with Crippen molar-refractivity contribution in [2.45, 2.75) is 97.4 Å². The fraction of sp³-hybridized carbons (Fsp3) is 0.720. The van der Waals surface area contributed by atoms with Crippen LogP contribution in [0.15, 0.2) is 18.2 Å². The third kappa shape index (κ3) is 8.83. The van der Waals surface area contributed by atoms with Crippen molar-refractivity contribution in [3.05, 3.63) is 23.8 Å². The van der Waals surface area contributed by atoms with Gasteiger partial charge in [0.2, 0.25) is 0 Å². The van der Waals surface area contributed by atoms with E-state index < -0.39 is 0 Å². The Bertz CT molecular complexity index is 730. The molecule has 5 nitrogen and oxygen atoms in total. The molecule has 0 aliphatic heterocycles. The Labute approximate surface area is 183 Å². The highest BCUT2D eigenvalue weighted by atomic mass is 15.4. The monoisotopic (exact) mass is 411 g/mol. The maximum atomic E-state index is 9.07. The Morgan fingerprint density at radius 2 is 1.43 bits per heavy atom. The highest BCUT2D eigenvalue weighted by molar-refractivity contribution is 5.75. The number of hydrogen-bond acceptors (Lipinski definition) is 4. The van der Waals surface area contributed by atoms with E-state index in [4.69, 9.17) is 5.26 Å². The number of hydrogen-bond donors (Lipinski definition) is 0. The van der Waals surface area contributed by atoms with Crippen LogP contribution in [-0.2, 0) is 6.54 Å². The molecule has 0 bridgehead atoms. The van der Waals surface area contributed by atoms with Gasteiger partial charge in [-0.25, -0.2) is 4.68 Å². The molecule has 0 saturated heterocycles. The van der Waals surface area contributed by atoms with Gasteiger partial charge >= 0.3 is 0 Å². The smallest absolute Gasteiger partial charge is 0.114 e. The zero-order valence-electron chi connectivity index (χ0n) is 19.3. The lowest BCUT2D eigenvalue weighted by atomic mass is 10.1. The van der Waals surface area contributed by atoms with E-state index in [9.17, 15) is 0 Å². The Hall–Kier alpha value is -1.93. The van der Waals surface area contributed by atoms with Crippen LogP contribution in [0.25, 0.3) is 11.0 Å². The van der Waals surface area contributed by atoms with Crippen LogP contribution in [0.4, 0.5) is 0 Å². The third-order valence-electron chi connectivity index (χ3n) is 5.93. The topological polar surface area (TPSA) is 57.7 Å². The van der Waals surface area contributed by atoms with E-state index in [1.807, 2.05) is 22.9 Å². The molecule has 0 unspecified atom stereocenters. The van der Waals surface area contributed by atoms with Crippen molar-refractivity contribution < 1.29 is 0 Å². The van der Waals surface area contributed by atoms with Gasteiger partial charge in [0, 0.05) is 6.54 Å². The van der Waals surface area contributed by atoms with Crippen LogP contribution >= 0.6 is 0 Å². The summed E-state index contributed by atoms with van der Waals surface area (Å²) in [5.41, 5.74) is 2.47. The summed E-state index contributed by atoms with van der Waals surface area (Å²) < 4.78 is 1.99. The molecular formula is C25H41N5. The molecule has 2 aromatic rings. The van der Waals surface area contributed by atoms with Crippen molar-refractivity contribution in [3.8, 4) is 6.07 Å². The zero-order chi connectivity index (χ0) is 21.4. The van der Waals surface area contributed by atoms with Gasteiger partial charge in [0.15, 0.2) is 0 Å². The predicted octanol–water partition coefficient (Wildman–Crippen LogP) is 6.33. The molecule has 5 heteroatoms. The average molecular weight is 412 g/mol. The summed E-state index contributed by atoms with van der Waals surface area (Å²) in [7, 11) is 0. The first-order chi connectivity index (χ1) is 14.8. The van der Waals surface area contributed by atoms with Crippen molar-refractivity contribution in [2.24, 2.45) is 0 Å². The molecule has 0 radical (unpaired) electrons. The number of rotatable bonds is 17. The summed E-state index contributed by atoms with van der Waals surface area (Å²) >= 11 is 0. The molecule has 0 aliphatic rings. The van der Waals surface area contributed by atoms with E-state index in [2.05, 4.69) is 35.1 Å². The van der Waals surface area contributed by atoms with Crippen LogP contribution in [0.1, 0.15) is 96.5 Å². The van der Waals surface area contributed by atoms with E-state index in [1.54, 1.807) is 0 Å². The van der Waals surface area contributed by atoms with Crippen LogP contribution in [0.3, 0.4) is 0 Å². The third-order valence-corrected chi connectivity index (χ3v) is 5.93. The zero-order valence-corrected chi connectivity index (χ0v) is 19.3. The van der Waals surface area contributed by atoms with E-state index in [1.165, 1.54) is 90.1 Å². The van der Waals surface area contributed by atoms with Crippen molar-refractivity contribution in [3.63, 3.8) is 0 Å². The standard InChI is InChI=1S/C25H41N5/c1-3-5-7-9-11-13-17-29(18-14-12-10-8-6-4-2)19-20-30-25-16-15-23(22-26)21-24(25)27-28-30/h15-16,21H,3-14,17-20H2,1-2H3. The number of nitriles is 1. The van der Waals surface area contributed by atoms with Crippen LogP contribution in [-0.4, -0.2) is 39.5 Å².